The maximum absolute atomic E-state index is 12.1. The Morgan fingerprint density at radius 1 is 1.35 bits per heavy atom. The monoisotopic (exact) mass is 361 g/mol. The number of rotatable bonds is 6. The normalized spacial score (nSPS) is 21.0. The van der Waals surface area contributed by atoms with E-state index in [1.165, 1.54) is 12.1 Å². The van der Waals surface area contributed by atoms with Crippen molar-refractivity contribution >= 4 is 28.3 Å². The molecule has 1 atom stereocenters. The van der Waals surface area contributed by atoms with Gasteiger partial charge in [-0.2, -0.15) is 0 Å². The highest BCUT2D eigenvalue weighted by Crippen LogP contribution is 2.28. The van der Waals surface area contributed by atoms with Gasteiger partial charge in [-0.1, -0.05) is 25.1 Å². The molecular weight excluding hydrogens is 338 g/mol. The second-order valence-electron chi connectivity index (χ2n) is 6.04. The van der Waals surface area contributed by atoms with E-state index in [0.717, 1.165) is 6.42 Å². The SMILES string of the molecule is CC1(CN)CCN(C(=O)CCNS(=O)(=O)c2ccccc2)C1.Cl. The van der Waals surface area contributed by atoms with Gasteiger partial charge in [-0.15, -0.1) is 12.4 Å². The molecule has 0 saturated carbocycles. The molecule has 8 heteroatoms. The van der Waals surface area contributed by atoms with Crippen LogP contribution in [-0.2, 0) is 14.8 Å². The van der Waals surface area contributed by atoms with Crippen molar-refractivity contribution in [3.05, 3.63) is 30.3 Å². The van der Waals surface area contributed by atoms with E-state index in [4.69, 9.17) is 5.73 Å². The summed E-state index contributed by atoms with van der Waals surface area (Å²) in [5.74, 6) is -0.0343. The molecule has 1 heterocycles. The van der Waals surface area contributed by atoms with E-state index in [9.17, 15) is 13.2 Å². The average molecular weight is 362 g/mol. The lowest BCUT2D eigenvalue weighted by molar-refractivity contribution is -0.130. The van der Waals surface area contributed by atoms with Crippen molar-refractivity contribution in [1.82, 2.24) is 9.62 Å². The van der Waals surface area contributed by atoms with Crippen LogP contribution in [0.2, 0.25) is 0 Å². The summed E-state index contributed by atoms with van der Waals surface area (Å²) in [6, 6.07) is 8.13. The van der Waals surface area contributed by atoms with E-state index in [-0.39, 0.29) is 41.6 Å². The van der Waals surface area contributed by atoms with Crippen LogP contribution in [0.15, 0.2) is 35.2 Å². The first-order valence-corrected chi connectivity index (χ1v) is 8.87. The summed E-state index contributed by atoms with van der Waals surface area (Å²) in [6.45, 7) is 4.06. The Balaban J connectivity index is 0.00000264. The molecular formula is C15H24ClN3O3S. The van der Waals surface area contributed by atoms with Gasteiger partial charge >= 0.3 is 0 Å². The van der Waals surface area contributed by atoms with Crippen LogP contribution < -0.4 is 10.5 Å². The summed E-state index contributed by atoms with van der Waals surface area (Å²) in [5.41, 5.74) is 5.71. The summed E-state index contributed by atoms with van der Waals surface area (Å²) in [4.78, 5) is 14.1. The van der Waals surface area contributed by atoms with E-state index in [1.54, 1.807) is 23.1 Å². The highest BCUT2D eigenvalue weighted by Gasteiger charge is 2.34. The summed E-state index contributed by atoms with van der Waals surface area (Å²) in [5, 5.41) is 0. The standard InChI is InChI=1S/C15H23N3O3S.ClH/c1-15(11-16)8-10-18(12-15)14(19)7-9-17-22(20,21)13-5-3-2-4-6-13;/h2-6,17H,7-12,16H2,1H3;1H. The summed E-state index contributed by atoms with van der Waals surface area (Å²) >= 11 is 0. The van der Waals surface area contributed by atoms with Crippen LogP contribution in [0.25, 0.3) is 0 Å². The number of hydrogen-bond donors (Lipinski definition) is 2. The van der Waals surface area contributed by atoms with Gasteiger partial charge in [-0.25, -0.2) is 13.1 Å². The van der Waals surface area contributed by atoms with Gasteiger partial charge in [0.15, 0.2) is 0 Å². The van der Waals surface area contributed by atoms with Crippen LogP contribution in [0.5, 0.6) is 0 Å². The van der Waals surface area contributed by atoms with Crippen molar-refractivity contribution in [3.63, 3.8) is 0 Å². The third-order valence-electron chi connectivity index (χ3n) is 4.09. The Morgan fingerprint density at radius 2 is 2.00 bits per heavy atom. The molecule has 6 nitrogen and oxygen atoms in total. The molecule has 23 heavy (non-hydrogen) atoms. The van der Waals surface area contributed by atoms with Crippen LogP contribution in [0, 0.1) is 5.41 Å². The maximum atomic E-state index is 12.1. The average Bonchev–Trinajstić information content (AvgIpc) is 2.91. The van der Waals surface area contributed by atoms with E-state index in [1.807, 2.05) is 0 Å². The lowest BCUT2D eigenvalue weighted by Gasteiger charge is -2.22. The molecule has 1 fully saturated rings. The number of carbonyl (C=O) groups excluding carboxylic acids is 1. The minimum atomic E-state index is -3.55. The van der Waals surface area contributed by atoms with Gasteiger partial charge < -0.3 is 10.6 Å². The number of nitrogens with two attached hydrogens (primary N) is 1. The molecule has 1 aliphatic rings. The molecule has 2 rings (SSSR count). The van der Waals surface area contributed by atoms with E-state index >= 15 is 0 Å². The third-order valence-corrected chi connectivity index (χ3v) is 5.56. The summed E-state index contributed by atoms with van der Waals surface area (Å²) in [7, 11) is -3.55. The highest BCUT2D eigenvalue weighted by molar-refractivity contribution is 7.89. The van der Waals surface area contributed by atoms with Crippen LogP contribution in [0.1, 0.15) is 19.8 Å². The van der Waals surface area contributed by atoms with Gasteiger partial charge in [0.25, 0.3) is 0 Å². The molecule has 0 aliphatic carbocycles. The lowest BCUT2D eigenvalue weighted by atomic mass is 9.90. The van der Waals surface area contributed by atoms with Crippen molar-refractivity contribution in [2.24, 2.45) is 11.1 Å². The fraction of sp³-hybridized carbons (Fsp3) is 0.533. The Bertz CT molecular complexity index is 624. The number of nitrogens with zero attached hydrogens (tertiary/aromatic N) is 1. The smallest absolute Gasteiger partial charge is 0.240 e. The van der Waals surface area contributed by atoms with E-state index in [2.05, 4.69) is 11.6 Å². The molecule has 0 radical (unpaired) electrons. The molecule has 0 aromatic heterocycles. The molecule has 1 aromatic carbocycles. The molecule has 130 valence electrons. The zero-order chi connectivity index (χ0) is 16.2. The first kappa shape index (κ1) is 19.9. The largest absolute Gasteiger partial charge is 0.342 e. The minimum Gasteiger partial charge on any atom is -0.342 e. The van der Waals surface area contributed by atoms with Crippen molar-refractivity contribution in [2.45, 2.75) is 24.7 Å². The van der Waals surface area contributed by atoms with Gasteiger partial charge in [0, 0.05) is 26.1 Å². The van der Waals surface area contributed by atoms with E-state index < -0.39 is 10.0 Å². The van der Waals surface area contributed by atoms with Crippen LogP contribution in [0.3, 0.4) is 0 Å². The Morgan fingerprint density at radius 3 is 2.57 bits per heavy atom. The number of nitrogens with one attached hydrogen (secondary N) is 1. The highest BCUT2D eigenvalue weighted by atomic mass is 35.5. The van der Waals surface area contributed by atoms with Crippen LogP contribution in [-0.4, -0.2) is 45.4 Å². The lowest BCUT2D eigenvalue weighted by Crippen LogP contribution is -2.36. The first-order valence-electron chi connectivity index (χ1n) is 7.39. The molecule has 1 aromatic rings. The number of benzene rings is 1. The number of hydrogen-bond acceptors (Lipinski definition) is 4. The molecule has 1 saturated heterocycles. The van der Waals surface area contributed by atoms with Crippen molar-refractivity contribution in [1.29, 1.82) is 0 Å². The maximum Gasteiger partial charge on any atom is 0.240 e. The molecule has 0 spiro atoms. The van der Waals surface area contributed by atoms with Crippen molar-refractivity contribution in [3.8, 4) is 0 Å². The zero-order valence-electron chi connectivity index (χ0n) is 13.2. The molecule has 1 amide bonds. The number of amides is 1. The fourth-order valence-electron chi connectivity index (χ4n) is 2.54. The molecule has 1 aliphatic heterocycles. The van der Waals surface area contributed by atoms with E-state index in [0.29, 0.717) is 19.6 Å². The van der Waals surface area contributed by atoms with Gasteiger partial charge in [0.05, 0.1) is 4.90 Å². The minimum absolute atomic E-state index is 0. The number of carbonyl (C=O) groups is 1. The van der Waals surface area contributed by atoms with Crippen molar-refractivity contribution < 1.29 is 13.2 Å². The first-order chi connectivity index (χ1) is 10.4. The predicted molar refractivity (Wildman–Crippen MR) is 91.9 cm³/mol. The number of halogens is 1. The second kappa shape index (κ2) is 8.10. The quantitative estimate of drug-likeness (QED) is 0.789. The fourth-order valence-corrected chi connectivity index (χ4v) is 3.59. The Hall–Kier alpha value is -1.15. The second-order valence-corrected chi connectivity index (χ2v) is 7.81. The van der Waals surface area contributed by atoms with Gasteiger partial charge in [0.1, 0.15) is 0 Å². The Kier molecular flexibility index (Phi) is 7.01. The predicted octanol–water partition coefficient (Wildman–Crippen LogP) is 0.974. The Labute approximate surface area is 143 Å². The van der Waals surface area contributed by atoms with Crippen LogP contribution in [0.4, 0.5) is 0 Å². The zero-order valence-corrected chi connectivity index (χ0v) is 14.8. The summed E-state index contributed by atoms with van der Waals surface area (Å²) < 4.78 is 26.5. The van der Waals surface area contributed by atoms with Gasteiger partial charge in [0.2, 0.25) is 15.9 Å². The van der Waals surface area contributed by atoms with Crippen molar-refractivity contribution in [2.75, 3.05) is 26.2 Å². The van der Waals surface area contributed by atoms with Crippen LogP contribution >= 0.6 is 12.4 Å². The number of likely N-dealkylation sites (tertiary alicyclic amines) is 1. The third kappa shape index (κ3) is 5.17. The van der Waals surface area contributed by atoms with Gasteiger partial charge in [-0.3, -0.25) is 4.79 Å². The number of sulfonamides is 1. The molecule has 0 bridgehead atoms. The van der Waals surface area contributed by atoms with Gasteiger partial charge in [-0.05, 0) is 30.5 Å². The topological polar surface area (TPSA) is 92.5 Å². The molecule has 3 N–H and O–H groups in total. The molecule has 1 unspecified atom stereocenters. The summed E-state index contributed by atoms with van der Waals surface area (Å²) in [6.07, 6.45) is 1.05.